The molecule has 1 aliphatic rings. The van der Waals surface area contributed by atoms with Gasteiger partial charge in [-0.25, -0.2) is 0 Å². The summed E-state index contributed by atoms with van der Waals surface area (Å²) in [6.45, 7) is 11.2. The van der Waals surface area contributed by atoms with E-state index in [-0.39, 0.29) is 0 Å². The molecular weight excluding hydrogens is 266 g/mol. The maximum absolute atomic E-state index is 4.11. The zero-order valence-corrected chi connectivity index (χ0v) is 13.8. The lowest BCUT2D eigenvalue weighted by molar-refractivity contribution is 0.858. The van der Waals surface area contributed by atoms with Crippen LogP contribution in [-0.4, -0.2) is 6.54 Å². The summed E-state index contributed by atoms with van der Waals surface area (Å²) >= 11 is 0. The van der Waals surface area contributed by atoms with Gasteiger partial charge in [-0.15, -0.1) is 0 Å². The van der Waals surface area contributed by atoms with Gasteiger partial charge >= 0.3 is 0 Å². The number of nitrogens with one attached hydrogen (secondary N) is 1. The first-order valence-corrected chi connectivity index (χ1v) is 7.83. The summed E-state index contributed by atoms with van der Waals surface area (Å²) in [5, 5.41) is 3.58. The van der Waals surface area contributed by atoms with Crippen molar-refractivity contribution in [3.63, 3.8) is 0 Å². The van der Waals surface area contributed by atoms with E-state index in [9.17, 15) is 0 Å². The summed E-state index contributed by atoms with van der Waals surface area (Å²) in [6, 6.07) is 8.66. The predicted octanol–water partition coefficient (Wildman–Crippen LogP) is 5.20. The minimum atomic E-state index is 0.776. The first kappa shape index (κ1) is 16.1. The summed E-state index contributed by atoms with van der Waals surface area (Å²) in [4.78, 5) is 0. The van der Waals surface area contributed by atoms with Crippen molar-refractivity contribution in [2.45, 2.75) is 27.2 Å². The van der Waals surface area contributed by atoms with Crippen LogP contribution in [0.3, 0.4) is 0 Å². The van der Waals surface area contributed by atoms with Crippen LogP contribution in [0.4, 0.5) is 0 Å². The molecular formula is C21H25N. The van der Waals surface area contributed by atoms with E-state index in [2.05, 4.69) is 62.2 Å². The molecule has 0 amide bonds. The minimum Gasteiger partial charge on any atom is -0.384 e. The summed E-state index contributed by atoms with van der Waals surface area (Å²) in [5.41, 5.74) is 7.81. The molecule has 1 aliphatic carbocycles. The van der Waals surface area contributed by atoms with Crippen molar-refractivity contribution in [3.8, 4) is 0 Å². The average molecular weight is 291 g/mol. The average Bonchev–Trinajstić information content (AvgIpc) is 2.91. The second-order valence-electron chi connectivity index (χ2n) is 5.56. The van der Waals surface area contributed by atoms with Gasteiger partial charge in [0.05, 0.1) is 0 Å². The minimum absolute atomic E-state index is 0.776. The van der Waals surface area contributed by atoms with E-state index in [1.807, 2.05) is 25.2 Å². The highest BCUT2D eigenvalue weighted by atomic mass is 14.9. The van der Waals surface area contributed by atoms with E-state index >= 15 is 0 Å². The Kier molecular flexibility index (Phi) is 5.60. The summed E-state index contributed by atoms with van der Waals surface area (Å²) < 4.78 is 0. The van der Waals surface area contributed by atoms with Gasteiger partial charge in [0.25, 0.3) is 0 Å². The number of hydrogen-bond acceptors (Lipinski definition) is 1. The topological polar surface area (TPSA) is 12.0 Å². The van der Waals surface area contributed by atoms with Crippen molar-refractivity contribution in [2.24, 2.45) is 0 Å². The lowest BCUT2D eigenvalue weighted by Gasteiger charge is -2.12. The number of hydrogen-bond donors (Lipinski definition) is 1. The smallest absolute Gasteiger partial charge is 0.0392 e. The summed E-state index contributed by atoms with van der Waals surface area (Å²) in [7, 11) is 0. The third-order valence-corrected chi connectivity index (χ3v) is 3.95. The fraction of sp³-hybridized carbons (Fsp3) is 0.238. The SMILES string of the molecule is C=C(/C=C\C=C/C)CNC1=C(/C(C)=C\C)c2ccccc2C1. The molecule has 0 aromatic heterocycles. The molecule has 1 aromatic carbocycles. The maximum Gasteiger partial charge on any atom is 0.0392 e. The van der Waals surface area contributed by atoms with Crippen molar-refractivity contribution in [1.29, 1.82) is 0 Å². The normalized spacial score (nSPS) is 15.0. The third-order valence-electron chi connectivity index (χ3n) is 3.95. The molecule has 0 saturated heterocycles. The Morgan fingerprint density at radius 1 is 1.23 bits per heavy atom. The van der Waals surface area contributed by atoms with Crippen LogP contribution < -0.4 is 5.32 Å². The van der Waals surface area contributed by atoms with Gasteiger partial charge in [0.2, 0.25) is 0 Å². The van der Waals surface area contributed by atoms with E-state index in [0.29, 0.717) is 0 Å². The van der Waals surface area contributed by atoms with E-state index < -0.39 is 0 Å². The number of rotatable bonds is 6. The molecule has 0 radical (unpaired) electrons. The fourth-order valence-corrected chi connectivity index (χ4v) is 2.69. The third kappa shape index (κ3) is 3.67. The van der Waals surface area contributed by atoms with Crippen molar-refractivity contribution >= 4 is 5.57 Å². The van der Waals surface area contributed by atoms with Gasteiger partial charge in [-0.2, -0.15) is 0 Å². The van der Waals surface area contributed by atoms with Gasteiger partial charge in [-0.1, -0.05) is 61.2 Å². The van der Waals surface area contributed by atoms with E-state index in [0.717, 1.165) is 18.5 Å². The van der Waals surface area contributed by atoms with E-state index in [1.54, 1.807) is 0 Å². The van der Waals surface area contributed by atoms with Crippen molar-refractivity contribution in [3.05, 3.63) is 89.2 Å². The van der Waals surface area contributed by atoms with Gasteiger partial charge in [0.15, 0.2) is 0 Å². The first-order valence-electron chi connectivity index (χ1n) is 7.83. The molecule has 1 N–H and O–H groups in total. The Bertz CT molecular complexity index is 669. The molecule has 0 saturated carbocycles. The molecule has 0 atom stereocenters. The maximum atomic E-state index is 4.11. The molecule has 1 nitrogen and oxygen atoms in total. The molecule has 0 bridgehead atoms. The monoisotopic (exact) mass is 291 g/mol. The second kappa shape index (κ2) is 7.65. The van der Waals surface area contributed by atoms with Crippen molar-refractivity contribution in [1.82, 2.24) is 5.32 Å². The number of allylic oxidation sites excluding steroid dienone is 7. The van der Waals surface area contributed by atoms with Crippen LogP contribution in [0, 0.1) is 0 Å². The van der Waals surface area contributed by atoms with Crippen LogP contribution in [0.5, 0.6) is 0 Å². The van der Waals surface area contributed by atoms with Crippen LogP contribution in [0.2, 0.25) is 0 Å². The molecule has 1 aromatic rings. The standard InChI is InChI=1S/C21H25N/c1-5-7-8-11-16(3)15-22-20-14-18-12-9-10-13-19(18)21(20)17(4)6-2/h5-13,22H,3,14-15H2,1-2,4H3/b7-5-,11-8-,17-6-. The zero-order chi connectivity index (χ0) is 15.9. The van der Waals surface area contributed by atoms with Gasteiger partial charge in [0.1, 0.15) is 0 Å². The van der Waals surface area contributed by atoms with Gasteiger partial charge in [0, 0.05) is 24.2 Å². The Labute approximate surface area is 134 Å². The lowest BCUT2D eigenvalue weighted by Crippen LogP contribution is -2.16. The number of fused-ring (bicyclic) bond motifs is 1. The van der Waals surface area contributed by atoms with Gasteiger partial charge in [-0.05, 0) is 43.0 Å². The quantitative estimate of drug-likeness (QED) is 0.710. The molecule has 2 rings (SSSR count). The highest BCUT2D eigenvalue weighted by Gasteiger charge is 2.21. The summed E-state index contributed by atoms with van der Waals surface area (Å²) in [6.07, 6.45) is 11.3. The van der Waals surface area contributed by atoms with Gasteiger partial charge < -0.3 is 5.32 Å². The Hall–Kier alpha value is -2.28. The molecule has 114 valence electrons. The van der Waals surface area contributed by atoms with Crippen molar-refractivity contribution in [2.75, 3.05) is 6.54 Å². The number of benzene rings is 1. The molecule has 1 heteroatoms. The van der Waals surface area contributed by atoms with Crippen LogP contribution in [0.15, 0.2) is 78.1 Å². The Morgan fingerprint density at radius 2 is 2.00 bits per heavy atom. The van der Waals surface area contributed by atoms with Crippen molar-refractivity contribution < 1.29 is 0 Å². The zero-order valence-electron chi connectivity index (χ0n) is 13.8. The van der Waals surface area contributed by atoms with Gasteiger partial charge in [-0.3, -0.25) is 0 Å². The van der Waals surface area contributed by atoms with E-state index in [4.69, 9.17) is 0 Å². The molecule has 0 spiro atoms. The molecule has 0 aliphatic heterocycles. The molecule has 0 heterocycles. The predicted molar refractivity (Wildman–Crippen MR) is 97.6 cm³/mol. The lowest BCUT2D eigenvalue weighted by atomic mass is 10.00. The molecule has 0 fully saturated rings. The first-order chi connectivity index (χ1) is 10.7. The Morgan fingerprint density at radius 3 is 2.73 bits per heavy atom. The highest BCUT2D eigenvalue weighted by Crippen LogP contribution is 2.36. The Balaban J connectivity index is 2.17. The van der Waals surface area contributed by atoms with Crippen LogP contribution in [0.25, 0.3) is 5.57 Å². The largest absolute Gasteiger partial charge is 0.384 e. The van der Waals surface area contributed by atoms with Crippen LogP contribution >= 0.6 is 0 Å². The highest BCUT2D eigenvalue weighted by molar-refractivity contribution is 5.86. The van der Waals surface area contributed by atoms with Crippen LogP contribution in [-0.2, 0) is 6.42 Å². The summed E-state index contributed by atoms with van der Waals surface area (Å²) in [5.74, 6) is 0. The van der Waals surface area contributed by atoms with Crippen LogP contribution in [0.1, 0.15) is 31.9 Å². The molecule has 22 heavy (non-hydrogen) atoms. The molecule has 0 unspecified atom stereocenters. The van der Waals surface area contributed by atoms with E-state index in [1.165, 1.54) is 28.0 Å². The second-order valence-corrected chi connectivity index (χ2v) is 5.56. The fourth-order valence-electron chi connectivity index (χ4n) is 2.69.